The highest BCUT2D eigenvalue weighted by molar-refractivity contribution is 5.79. The first-order valence-electron chi connectivity index (χ1n) is 10.7. The largest absolute Gasteiger partial charge is 0.477 e. The van der Waals surface area contributed by atoms with E-state index in [1.165, 1.54) is 32.4 Å². The van der Waals surface area contributed by atoms with Crippen molar-refractivity contribution >= 4 is 5.91 Å². The summed E-state index contributed by atoms with van der Waals surface area (Å²) in [6.07, 6.45) is 7.56. The molecule has 0 bridgehead atoms. The lowest BCUT2D eigenvalue weighted by molar-refractivity contribution is -0.142. The van der Waals surface area contributed by atoms with E-state index in [1.54, 1.807) is 13.3 Å². The number of likely N-dealkylation sites (tertiary alicyclic amines) is 1. The van der Waals surface area contributed by atoms with Crippen LogP contribution < -0.4 is 10.1 Å². The van der Waals surface area contributed by atoms with E-state index in [0.29, 0.717) is 25.4 Å². The standard InChI is InChI=1S/C22H33N3O3/c1-15-9-16(10-21(26)25-13-19(14-25)27-2)12-24-22(15)28-8-5-18-11-20(18)17-3-6-23-7-4-17/h9,12,17-20,23H,3-8,10-11,13-14H2,1-2H3/t18?,20-/m1/s1. The van der Waals surface area contributed by atoms with E-state index in [4.69, 9.17) is 9.47 Å². The molecule has 6 heteroatoms. The zero-order chi connectivity index (χ0) is 19.5. The van der Waals surface area contributed by atoms with Crippen molar-refractivity contribution in [2.75, 3.05) is 39.9 Å². The van der Waals surface area contributed by atoms with Crippen molar-refractivity contribution in [3.8, 4) is 5.88 Å². The van der Waals surface area contributed by atoms with Crippen LogP contribution in [0.1, 0.15) is 36.8 Å². The van der Waals surface area contributed by atoms with Gasteiger partial charge in [0, 0.05) is 32.0 Å². The van der Waals surface area contributed by atoms with Gasteiger partial charge in [-0.2, -0.15) is 0 Å². The van der Waals surface area contributed by atoms with E-state index in [0.717, 1.165) is 41.9 Å². The number of nitrogens with zero attached hydrogens (tertiary/aromatic N) is 2. The van der Waals surface area contributed by atoms with Gasteiger partial charge in [-0.15, -0.1) is 0 Å². The van der Waals surface area contributed by atoms with E-state index in [2.05, 4.69) is 10.3 Å². The van der Waals surface area contributed by atoms with Crippen molar-refractivity contribution in [3.05, 3.63) is 23.4 Å². The van der Waals surface area contributed by atoms with Gasteiger partial charge in [-0.1, -0.05) is 0 Å². The van der Waals surface area contributed by atoms with E-state index in [1.807, 2.05) is 17.9 Å². The van der Waals surface area contributed by atoms with Gasteiger partial charge < -0.3 is 19.7 Å². The Kier molecular flexibility index (Phi) is 6.16. The molecule has 3 aliphatic rings. The summed E-state index contributed by atoms with van der Waals surface area (Å²) in [7, 11) is 1.69. The zero-order valence-corrected chi connectivity index (χ0v) is 17.2. The minimum atomic E-state index is 0.140. The van der Waals surface area contributed by atoms with Crippen LogP contribution in [-0.2, 0) is 16.0 Å². The molecule has 6 nitrogen and oxygen atoms in total. The number of piperidine rings is 1. The number of ether oxygens (including phenoxy) is 2. The molecule has 1 saturated carbocycles. The summed E-state index contributed by atoms with van der Waals surface area (Å²) in [6.45, 7) is 6.52. The maximum Gasteiger partial charge on any atom is 0.227 e. The molecule has 28 heavy (non-hydrogen) atoms. The molecule has 0 radical (unpaired) electrons. The summed E-state index contributed by atoms with van der Waals surface area (Å²) < 4.78 is 11.2. The Labute approximate surface area is 168 Å². The molecule has 2 saturated heterocycles. The molecule has 2 aliphatic heterocycles. The number of nitrogens with one attached hydrogen (secondary N) is 1. The number of hydrogen-bond acceptors (Lipinski definition) is 5. The van der Waals surface area contributed by atoms with Gasteiger partial charge in [-0.3, -0.25) is 4.79 Å². The zero-order valence-electron chi connectivity index (χ0n) is 17.2. The second-order valence-electron chi connectivity index (χ2n) is 8.68. The highest BCUT2D eigenvalue weighted by Crippen LogP contribution is 2.49. The molecule has 2 atom stereocenters. The van der Waals surface area contributed by atoms with Crippen molar-refractivity contribution < 1.29 is 14.3 Å². The normalized spacial score (nSPS) is 25.4. The maximum atomic E-state index is 12.3. The van der Waals surface area contributed by atoms with Crippen molar-refractivity contribution in [1.29, 1.82) is 0 Å². The Hall–Kier alpha value is -1.66. The second-order valence-corrected chi connectivity index (χ2v) is 8.68. The Balaban J connectivity index is 1.19. The molecule has 154 valence electrons. The molecule has 1 aromatic rings. The topological polar surface area (TPSA) is 63.7 Å². The molecule has 1 N–H and O–H groups in total. The van der Waals surface area contributed by atoms with E-state index in [-0.39, 0.29) is 12.0 Å². The molecular weight excluding hydrogens is 354 g/mol. The maximum absolute atomic E-state index is 12.3. The molecule has 0 spiro atoms. The molecule has 3 heterocycles. The number of aromatic nitrogens is 1. The average Bonchev–Trinajstić information content (AvgIpc) is 3.43. The van der Waals surface area contributed by atoms with Gasteiger partial charge >= 0.3 is 0 Å². The number of amides is 1. The van der Waals surface area contributed by atoms with Gasteiger partial charge in [0.05, 0.1) is 19.1 Å². The first kappa shape index (κ1) is 19.6. The van der Waals surface area contributed by atoms with Crippen molar-refractivity contribution in [1.82, 2.24) is 15.2 Å². The molecule has 3 fully saturated rings. The monoisotopic (exact) mass is 387 g/mol. The smallest absolute Gasteiger partial charge is 0.227 e. The Morgan fingerprint density at radius 2 is 2.11 bits per heavy atom. The lowest BCUT2D eigenvalue weighted by Gasteiger charge is -2.38. The van der Waals surface area contributed by atoms with Crippen molar-refractivity contribution in [2.45, 2.75) is 45.1 Å². The fourth-order valence-electron chi connectivity index (χ4n) is 4.71. The second kappa shape index (κ2) is 8.78. The summed E-state index contributed by atoms with van der Waals surface area (Å²) in [6, 6.07) is 2.03. The van der Waals surface area contributed by atoms with Gasteiger partial charge in [-0.25, -0.2) is 4.98 Å². The number of carbonyl (C=O) groups is 1. The SMILES string of the molecule is COC1CN(C(=O)Cc2cnc(OCCC3C[C@@H]3C3CCNCC3)c(C)c2)C1. The third-order valence-electron chi connectivity index (χ3n) is 6.67. The summed E-state index contributed by atoms with van der Waals surface area (Å²) in [4.78, 5) is 18.6. The molecular formula is C22H33N3O3. The van der Waals surface area contributed by atoms with Crippen LogP contribution in [0.4, 0.5) is 0 Å². The van der Waals surface area contributed by atoms with Gasteiger partial charge in [0.2, 0.25) is 11.8 Å². The Morgan fingerprint density at radius 3 is 2.82 bits per heavy atom. The molecule has 1 amide bonds. The Bertz CT molecular complexity index is 684. The third kappa shape index (κ3) is 4.66. The van der Waals surface area contributed by atoms with Gasteiger partial charge in [0.25, 0.3) is 0 Å². The van der Waals surface area contributed by atoms with Gasteiger partial charge in [0.15, 0.2) is 0 Å². The predicted molar refractivity (Wildman–Crippen MR) is 107 cm³/mol. The minimum absolute atomic E-state index is 0.140. The summed E-state index contributed by atoms with van der Waals surface area (Å²) in [5, 5.41) is 3.45. The van der Waals surface area contributed by atoms with Crippen LogP contribution in [0.25, 0.3) is 0 Å². The number of methoxy groups -OCH3 is 1. The van der Waals surface area contributed by atoms with Gasteiger partial charge in [-0.05, 0) is 75.1 Å². The number of rotatable bonds is 8. The van der Waals surface area contributed by atoms with Crippen LogP contribution in [0.5, 0.6) is 5.88 Å². The van der Waals surface area contributed by atoms with Crippen LogP contribution in [-0.4, -0.2) is 61.8 Å². The van der Waals surface area contributed by atoms with Crippen LogP contribution in [0.2, 0.25) is 0 Å². The van der Waals surface area contributed by atoms with E-state index >= 15 is 0 Å². The van der Waals surface area contributed by atoms with Crippen LogP contribution in [0.3, 0.4) is 0 Å². The van der Waals surface area contributed by atoms with Crippen LogP contribution in [0, 0.1) is 24.7 Å². The summed E-state index contributed by atoms with van der Waals surface area (Å²) in [5.74, 6) is 3.54. The lowest BCUT2D eigenvalue weighted by atomic mass is 9.91. The van der Waals surface area contributed by atoms with E-state index in [9.17, 15) is 4.79 Å². The Morgan fingerprint density at radius 1 is 1.32 bits per heavy atom. The molecule has 1 aliphatic carbocycles. The minimum Gasteiger partial charge on any atom is -0.477 e. The highest BCUT2D eigenvalue weighted by atomic mass is 16.5. The van der Waals surface area contributed by atoms with Gasteiger partial charge in [0.1, 0.15) is 0 Å². The number of aryl methyl sites for hydroxylation is 1. The summed E-state index contributed by atoms with van der Waals surface area (Å²) in [5.41, 5.74) is 1.96. The molecule has 1 unspecified atom stereocenters. The fourth-order valence-corrected chi connectivity index (χ4v) is 4.71. The average molecular weight is 388 g/mol. The van der Waals surface area contributed by atoms with Crippen LogP contribution in [0.15, 0.2) is 12.3 Å². The number of hydrogen-bond donors (Lipinski definition) is 1. The lowest BCUT2D eigenvalue weighted by Crippen LogP contribution is -2.54. The fraction of sp³-hybridized carbons (Fsp3) is 0.727. The van der Waals surface area contributed by atoms with Crippen LogP contribution >= 0.6 is 0 Å². The number of pyridine rings is 1. The first-order chi connectivity index (χ1) is 13.6. The van der Waals surface area contributed by atoms with E-state index < -0.39 is 0 Å². The molecule has 1 aromatic heterocycles. The summed E-state index contributed by atoms with van der Waals surface area (Å²) >= 11 is 0. The number of carbonyl (C=O) groups excluding carboxylic acids is 1. The van der Waals surface area contributed by atoms with Crippen molar-refractivity contribution in [3.63, 3.8) is 0 Å². The quantitative estimate of drug-likeness (QED) is 0.741. The van der Waals surface area contributed by atoms with Crippen molar-refractivity contribution in [2.24, 2.45) is 17.8 Å². The predicted octanol–water partition coefficient (Wildman–Crippen LogP) is 2.19. The molecule has 0 aromatic carbocycles. The first-order valence-corrected chi connectivity index (χ1v) is 10.7. The third-order valence-corrected chi connectivity index (χ3v) is 6.67. The molecule has 4 rings (SSSR count). The highest BCUT2D eigenvalue weighted by Gasteiger charge is 2.42.